The van der Waals surface area contributed by atoms with E-state index in [-0.39, 0.29) is 24.6 Å². The van der Waals surface area contributed by atoms with Crippen molar-refractivity contribution in [3.05, 3.63) is 29.8 Å². The van der Waals surface area contributed by atoms with Gasteiger partial charge < -0.3 is 15.4 Å². The van der Waals surface area contributed by atoms with Crippen LogP contribution in [0, 0.1) is 11.6 Å². The van der Waals surface area contributed by atoms with Crippen molar-refractivity contribution in [2.45, 2.75) is 39.2 Å². The molecular formula is C15H20F2N2O3. The molecule has 0 saturated heterocycles. The number of carbonyl (C=O) groups is 2. The second kappa shape index (κ2) is 7.72. The van der Waals surface area contributed by atoms with Crippen molar-refractivity contribution in [1.29, 1.82) is 0 Å². The van der Waals surface area contributed by atoms with E-state index in [0.717, 1.165) is 12.1 Å². The quantitative estimate of drug-likeness (QED) is 0.820. The van der Waals surface area contributed by atoms with Gasteiger partial charge in [-0.05, 0) is 39.3 Å². The average Bonchev–Trinajstić information content (AvgIpc) is 2.37. The summed E-state index contributed by atoms with van der Waals surface area (Å²) in [6.07, 6.45) is -0.0164. The molecular weight excluding hydrogens is 294 g/mol. The normalized spacial score (nSPS) is 11.0. The molecule has 0 bridgehead atoms. The summed E-state index contributed by atoms with van der Waals surface area (Å²) in [4.78, 5) is 23.0. The van der Waals surface area contributed by atoms with Crippen LogP contribution in [0.5, 0.6) is 0 Å². The molecule has 0 spiro atoms. The fourth-order valence-electron chi connectivity index (χ4n) is 1.55. The van der Waals surface area contributed by atoms with Gasteiger partial charge in [0, 0.05) is 24.7 Å². The lowest BCUT2D eigenvalue weighted by Crippen LogP contribution is -2.33. The molecule has 22 heavy (non-hydrogen) atoms. The number of benzene rings is 1. The molecule has 0 heterocycles. The average molecular weight is 314 g/mol. The third kappa shape index (κ3) is 7.01. The lowest BCUT2D eigenvalue weighted by atomic mass is 10.2. The zero-order valence-electron chi connectivity index (χ0n) is 12.8. The third-order valence-electron chi connectivity index (χ3n) is 2.45. The summed E-state index contributed by atoms with van der Waals surface area (Å²) in [5, 5.41) is 4.97. The van der Waals surface area contributed by atoms with E-state index in [2.05, 4.69) is 10.6 Å². The second-order valence-electron chi connectivity index (χ2n) is 5.71. The molecule has 2 N–H and O–H groups in total. The molecule has 5 nitrogen and oxygen atoms in total. The highest BCUT2D eigenvalue weighted by Crippen LogP contribution is 2.13. The van der Waals surface area contributed by atoms with Crippen LogP contribution in [0.3, 0.4) is 0 Å². The summed E-state index contributed by atoms with van der Waals surface area (Å²) < 4.78 is 30.7. The van der Waals surface area contributed by atoms with Crippen LogP contribution >= 0.6 is 0 Å². The predicted octanol–water partition coefficient (Wildman–Crippen LogP) is 3.21. The minimum atomic E-state index is -1.02. The Morgan fingerprint density at radius 3 is 2.45 bits per heavy atom. The number of nitrogens with one attached hydrogen (secondary N) is 2. The zero-order valence-corrected chi connectivity index (χ0v) is 12.8. The second-order valence-corrected chi connectivity index (χ2v) is 5.71. The van der Waals surface area contributed by atoms with Crippen LogP contribution in [0.4, 0.5) is 19.3 Å². The van der Waals surface area contributed by atoms with Crippen LogP contribution in [0.15, 0.2) is 18.2 Å². The Hall–Kier alpha value is -2.18. The van der Waals surface area contributed by atoms with Crippen LogP contribution in [0.1, 0.15) is 33.6 Å². The molecule has 122 valence electrons. The first-order valence-electron chi connectivity index (χ1n) is 6.89. The smallest absolute Gasteiger partial charge is 0.407 e. The SMILES string of the molecule is CC(C)(C)OC(=O)NCCCC(=O)Nc1ccc(F)c(F)c1. The van der Waals surface area contributed by atoms with E-state index in [0.29, 0.717) is 6.42 Å². The van der Waals surface area contributed by atoms with Crippen molar-refractivity contribution >= 4 is 17.7 Å². The number of hydrogen-bond acceptors (Lipinski definition) is 3. The van der Waals surface area contributed by atoms with Gasteiger partial charge in [0.15, 0.2) is 11.6 Å². The largest absolute Gasteiger partial charge is 0.444 e. The number of ether oxygens (including phenoxy) is 1. The van der Waals surface area contributed by atoms with Crippen LogP contribution in [-0.2, 0) is 9.53 Å². The number of halogens is 2. The summed E-state index contributed by atoms with van der Waals surface area (Å²) in [6.45, 7) is 5.53. The molecule has 0 aromatic heterocycles. The van der Waals surface area contributed by atoms with Gasteiger partial charge in [0.25, 0.3) is 0 Å². The van der Waals surface area contributed by atoms with E-state index >= 15 is 0 Å². The Balaban J connectivity index is 2.26. The summed E-state index contributed by atoms with van der Waals surface area (Å²) in [6, 6.07) is 3.12. The topological polar surface area (TPSA) is 67.4 Å². The Morgan fingerprint density at radius 2 is 1.86 bits per heavy atom. The van der Waals surface area contributed by atoms with Crippen molar-refractivity contribution in [1.82, 2.24) is 5.32 Å². The molecule has 0 atom stereocenters. The lowest BCUT2D eigenvalue weighted by Gasteiger charge is -2.19. The van der Waals surface area contributed by atoms with Crippen molar-refractivity contribution in [2.24, 2.45) is 0 Å². The number of hydrogen-bond donors (Lipinski definition) is 2. The predicted molar refractivity (Wildman–Crippen MR) is 78.5 cm³/mol. The number of amides is 2. The molecule has 0 fully saturated rings. The van der Waals surface area contributed by atoms with Gasteiger partial charge in [-0.3, -0.25) is 4.79 Å². The molecule has 0 aliphatic carbocycles. The van der Waals surface area contributed by atoms with Crippen molar-refractivity contribution in [3.8, 4) is 0 Å². The molecule has 0 aliphatic heterocycles. The molecule has 1 aromatic carbocycles. The molecule has 0 aliphatic rings. The Morgan fingerprint density at radius 1 is 1.18 bits per heavy atom. The third-order valence-corrected chi connectivity index (χ3v) is 2.45. The molecule has 0 saturated carbocycles. The standard InChI is InChI=1S/C15H20F2N2O3/c1-15(2,3)22-14(21)18-8-4-5-13(20)19-10-6-7-11(16)12(17)9-10/h6-7,9H,4-5,8H2,1-3H3,(H,18,21)(H,19,20). The highest BCUT2D eigenvalue weighted by Gasteiger charge is 2.15. The molecule has 0 radical (unpaired) electrons. The Labute approximate surface area is 128 Å². The summed E-state index contributed by atoms with van der Waals surface area (Å²) in [7, 11) is 0. The van der Waals surface area contributed by atoms with E-state index in [1.54, 1.807) is 20.8 Å². The molecule has 1 rings (SSSR count). The Kier molecular flexibility index (Phi) is 6.27. The van der Waals surface area contributed by atoms with E-state index in [1.807, 2.05) is 0 Å². The van der Waals surface area contributed by atoms with Gasteiger partial charge >= 0.3 is 6.09 Å². The van der Waals surface area contributed by atoms with Crippen LogP contribution in [0.25, 0.3) is 0 Å². The van der Waals surface area contributed by atoms with Crippen molar-refractivity contribution in [2.75, 3.05) is 11.9 Å². The molecule has 1 aromatic rings. The number of carbonyl (C=O) groups excluding carboxylic acids is 2. The van der Waals surface area contributed by atoms with Crippen molar-refractivity contribution in [3.63, 3.8) is 0 Å². The number of alkyl carbamates (subject to hydrolysis) is 1. The van der Waals surface area contributed by atoms with Gasteiger partial charge in [0.2, 0.25) is 5.91 Å². The van der Waals surface area contributed by atoms with Gasteiger partial charge in [-0.2, -0.15) is 0 Å². The van der Waals surface area contributed by atoms with Gasteiger partial charge in [-0.15, -0.1) is 0 Å². The highest BCUT2D eigenvalue weighted by atomic mass is 19.2. The Bertz CT molecular complexity index is 542. The fraction of sp³-hybridized carbons (Fsp3) is 0.467. The first-order chi connectivity index (χ1) is 10.2. The number of rotatable bonds is 5. The minimum absolute atomic E-state index is 0.134. The summed E-state index contributed by atoms with van der Waals surface area (Å²) in [5.41, 5.74) is -0.391. The number of anilines is 1. The fourth-order valence-corrected chi connectivity index (χ4v) is 1.55. The highest BCUT2D eigenvalue weighted by molar-refractivity contribution is 5.90. The lowest BCUT2D eigenvalue weighted by molar-refractivity contribution is -0.116. The van der Waals surface area contributed by atoms with Crippen molar-refractivity contribution < 1.29 is 23.1 Å². The zero-order chi connectivity index (χ0) is 16.8. The minimum Gasteiger partial charge on any atom is -0.444 e. The first kappa shape index (κ1) is 17.9. The van der Waals surface area contributed by atoms with E-state index in [4.69, 9.17) is 4.74 Å². The molecule has 7 heteroatoms. The summed E-state index contributed by atoms with van der Waals surface area (Å²) in [5.74, 6) is -2.35. The molecule has 2 amide bonds. The van der Waals surface area contributed by atoms with E-state index in [1.165, 1.54) is 6.07 Å². The monoisotopic (exact) mass is 314 g/mol. The first-order valence-corrected chi connectivity index (χ1v) is 6.89. The maximum absolute atomic E-state index is 13.0. The molecule has 0 unspecified atom stereocenters. The van der Waals surface area contributed by atoms with E-state index in [9.17, 15) is 18.4 Å². The van der Waals surface area contributed by atoms with Gasteiger partial charge in [-0.1, -0.05) is 0 Å². The maximum atomic E-state index is 13.0. The van der Waals surface area contributed by atoms with Gasteiger partial charge in [0.1, 0.15) is 5.60 Å². The van der Waals surface area contributed by atoms with Crippen LogP contribution < -0.4 is 10.6 Å². The van der Waals surface area contributed by atoms with Gasteiger partial charge in [-0.25, -0.2) is 13.6 Å². The summed E-state index contributed by atoms with van der Waals surface area (Å²) >= 11 is 0. The van der Waals surface area contributed by atoms with Crippen LogP contribution in [-0.4, -0.2) is 24.1 Å². The van der Waals surface area contributed by atoms with Gasteiger partial charge in [0.05, 0.1) is 0 Å². The van der Waals surface area contributed by atoms with E-state index < -0.39 is 23.3 Å². The van der Waals surface area contributed by atoms with Crippen LogP contribution in [0.2, 0.25) is 0 Å². The maximum Gasteiger partial charge on any atom is 0.407 e.